The fourth-order valence-corrected chi connectivity index (χ4v) is 5.73. The first kappa shape index (κ1) is 14.4. The van der Waals surface area contributed by atoms with Crippen molar-refractivity contribution in [2.75, 3.05) is 27.2 Å². The van der Waals surface area contributed by atoms with Crippen molar-refractivity contribution in [2.24, 2.45) is 23.2 Å². The number of rotatable bonds is 6. The minimum absolute atomic E-state index is 0.0757. The Morgan fingerprint density at radius 3 is 2.20 bits per heavy atom. The zero-order chi connectivity index (χ0) is 14.2. The van der Waals surface area contributed by atoms with Crippen LogP contribution >= 0.6 is 0 Å². The van der Waals surface area contributed by atoms with Gasteiger partial charge < -0.3 is 9.64 Å². The molecule has 0 aromatic heterocycles. The summed E-state index contributed by atoms with van der Waals surface area (Å²) >= 11 is 0. The third kappa shape index (κ3) is 3.03. The van der Waals surface area contributed by atoms with Crippen LogP contribution in [0.25, 0.3) is 0 Å². The molecule has 0 aliphatic heterocycles. The maximum absolute atomic E-state index is 11.2. The highest BCUT2D eigenvalue weighted by molar-refractivity contribution is 5.69. The molecule has 0 unspecified atom stereocenters. The van der Waals surface area contributed by atoms with Gasteiger partial charge in [0.05, 0.1) is 7.11 Å². The van der Waals surface area contributed by atoms with E-state index in [4.69, 9.17) is 4.74 Å². The summed E-state index contributed by atoms with van der Waals surface area (Å²) in [5.74, 6) is 3.02. The first-order valence-electron chi connectivity index (χ1n) is 8.34. The summed E-state index contributed by atoms with van der Waals surface area (Å²) in [7, 11) is 3.71. The second kappa shape index (κ2) is 5.67. The van der Waals surface area contributed by atoms with Crippen molar-refractivity contribution in [3.63, 3.8) is 0 Å². The molecule has 4 saturated carbocycles. The summed E-state index contributed by atoms with van der Waals surface area (Å²) < 4.78 is 4.71. The molecule has 3 nitrogen and oxygen atoms in total. The first-order chi connectivity index (χ1) is 9.58. The van der Waals surface area contributed by atoms with E-state index in [9.17, 15) is 4.79 Å². The Kier molecular flexibility index (Phi) is 4.07. The standard InChI is InChI=1S/C17H29NO2/c1-18(5-3-4-16(19)20-2)12-17-9-13-6-14(10-17)8-15(7-13)11-17/h13-15H,3-12H2,1-2H3. The highest BCUT2D eigenvalue weighted by atomic mass is 16.5. The number of nitrogens with zero attached hydrogens (tertiary/aromatic N) is 1. The predicted octanol–water partition coefficient (Wildman–Crippen LogP) is 3.09. The lowest BCUT2D eigenvalue weighted by molar-refractivity contribution is -0.140. The third-order valence-corrected chi connectivity index (χ3v) is 5.92. The van der Waals surface area contributed by atoms with Crippen LogP contribution in [0.5, 0.6) is 0 Å². The molecule has 20 heavy (non-hydrogen) atoms. The van der Waals surface area contributed by atoms with Gasteiger partial charge in [-0.3, -0.25) is 4.79 Å². The molecule has 3 heteroatoms. The molecule has 0 aromatic rings. The Bertz CT molecular complexity index is 331. The smallest absolute Gasteiger partial charge is 0.305 e. The normalized spacial score (nSPS) is 38.5. The topological polar surface area (TPSA) is 29.5 Å². The molecule has 0 N–H and O–H groups in total. The molecule has 0 aromatic carbocycles. The minimum Gasteiger partial charge on any atom is -0.469 e. The number of methoxy groups -OCH3 is 1. The van der Waals surface area contributed by atoms with Crippen molar-refractivity contribution in [3.05, 3.63) is 0 Å². The largest absolute Gasteiger partial charge is 0.469 e. The van der Waals surface area contributed by atoms with Gasteiger partial charge in [-0.2, -0.15) is 0 Å². The average Bonchev–Trinajstić information content (AvgIpc) is 2.36. The van der Waals surface area contributed by atoms with E-state index in [1.165, 1.54) is 52.2 Å². The van der Waals surface area contributed by atoms with E-state index in [0.717, 1.165) is 30.7 Å². The van der Waals surface area contributed by atoms with Crippen LogP contribution in [0.1, 0.15) is 51.4 Å². The molecular formula is C17H29NO2. The fraction of sp³-hybridized carbons (Fsp3) is 0.941. The average molecular weight is 279 g/mol. The summed E-state index contributed by atoms with van der Waals surface area (Å²) in [6.07, 6.45) is 10.5. The van der Waals surface area contributed by atoms with Gasteiger partial charge in [0.2, 0.25) is 0 Å². The van der Waals surface area contributed by atoms with Crippen molar-refractivity contribution in [1.82, 2.24) is 4.90 Å². The third-order valence-electron chi connectivity index (χ3n) is 5.92. The number of hydrogen-bond donors (Lipinski definition) is 0. The summed E-state index contributed by atoms with van der Waals surface area (Å²) in [5, 5.41) is 0. The molecule has 4 aliphatic rings. The molecular weight excluding hydrogens is 250 g/mol. The number of hydrogen-bond acceptors (Lipinski definition) is 3. The molecule has 0 atom stereocenters. The van der Waals surface area contributed by atoms with Crippen molar-refractivity contribution < 1.29 is 9.53 Å². The van der Waals surface area contributed by atoms with E-state index in [2.05, 4.69) is 11.9 Å². The quantitative estimate of drug-likeness (QED) is 0.700. The van der Waals surface area contributed by atoms with Crippen LogP contribution in [0.3, 0.4) is 0 Å². The second-order valence-corrected chi connectivity index (χ2v) is 7.84. The summed E-state index contributed by atoms with van der Waals surface area (Å²) in [5.41, 5.74) is 0.620. The molecule has 0 amide bonds. The molecule has 4 fully saturated rings. The molecule has 0 radical (unpaired) electrons. The highest BCUT2D eigenvalue weighted by Crippen LogP contribution is 2.60. The van der Waals surface area contributed by atoms with Crippen molar-refractivity contribution in [3.8, 4) is 0 Å². The molecule has 0 saturated heterocycles. The Morgan fingerprint density at radius 2 is 1.70 bits per heavy atom. The lowest BCUT2D eigenvalue weighted by atomic mass is 9.49. The molecule has 0 spiro atoms. The van der Waals surface area contributed by atoms with Crippen molar-refractivity contribution in [1.29, 1.82) is 0 Å². The van der Waals surface area contributed by atoms with Gasteiger partial charge >= 0.3 is 5.97 Å². The van der Waals surface area contributed by atoms with Crippen LogP contribution in [-0.4, -0.2) is 38.1 Å². The Labute approximate surface area is 123 Å². The number of carbonyl (C=O) groups excluding carboxylic acids is 1. The maximum atomic E-state index is 11.2. The van der Waals surface area contributed by atoms with Crippen molar-refractivity contribution in [2.45, 2.75) is 51.4 Å². The van der Waals surface area contributed by atoms with Gasteiger partial charge in [0.1, 0.15) is 0 Å². The fourth-order valence-electron chi connectivity index (χ4n) is 5.73. The highest BCUT2D eigenvalue weighted by Gasteiger charge is 2.50. The minimum atomic E-state index is -0.0757. The Balaban J connectivity index is 1.48. The van der Waals surface area contributed by atoms with Gasteiger partial charge in [0, 0.05) is 13.0 Å². The zero-order valence-corrected chi connectivity index (χ0v) is 13.1. The van der Waals surface area contributed by atoms with E-state index in [0.29, 0.717) is 11.8 Å². The Hall–Kier alpha value is -0.570. The van der Waals surface area contributed by atoms with E-state index in [1.54, 1.807) is 0 Å². The van der Waals surface area contributed by atoms with Gasteiger partial charge in [-0.15, -0.1) is 0 Å². The van der Waals surface area contributed by atoms with Gasteiger partial charge in [-0.25, -0.2) is 0 Å². The second-order valence-electron chi connectivity index (χ2n) is 7.84. The summed E-state index contributed by atoms with van der Waals surface area (Å²) in [6, 6.07) is 0. The maximum Gasteiger partial charge on any atom is 0.305 e. The van der Waals surface area contributed by atoms with Crippen molar-refractivity contribution >= 4 is 5.97 Å². The lowest BCUT2D eigenvalue weighted by Crippen LogP contribution is -2.50. The van der Waals surface area contributed by atoms with E-state index < -0.39 is 0 Å². The number of ether oxygens (including phenoxy) is 1. The molecule has 4 bridgehead atoms. The van der Waals surface area contributed by atoms with E-state index in [1.807, 2.05) is 0 Å². The van der Waals surface area contributed by atoms with Gasteiger partial charge in [-0.05, 0) is 81.7 Å². The van der Waals surface area contributed by atoms with Crippen LogP contribution in [0.15, 0.2) is 0 Å². The molecule has 114 valence electrons. The van der Waals surface area contributed by atoms with Crippen LogP contribution in [-0.2, 0) is 9.53 Å². The van der Waals surface area contributed by atoms with Crippen LogP contribution in [0, 0.1) is 23.2 Å². The lowest BCUT2D eigenvalue weighted by Gasteiger charge is -2.57. The summed E-state index contributed by atoms with van der Waals surface area (Å²) in [4.78, 5) is 13.6. The molecule has 4 rings (SSSR count). The monoisotopic (exact) mass is 279 g/mol. The van der Waals surface area contributed by atoms with E-state index in [-0.39, 0.29) is 5.97 Å². The zero-order valence-electron chi connectivity index (χ0n) is 13.1. The number of esters is 1. The van der Waals surface area contributed by atoms with Crippen LogP contribution in [0.4, 0.5) is 0 Å². The summed E-state index contributed by atoms with van der Waals surface area (Å²) in [6.45, 7) is 2.27. The predicted molar refractivity (Wildman–Crippen MR) is 79.4 cm³/mol. The van der Waals surface area contributed by atoms with Gasteiger partial charge in [-0.1, -0.05) is 0 Å². The molecule has 0 heterocycles. The first-order valence-corrected chi connectivity index (χ1v) is 8.34. The van der Waals surface area contributed by atoms with Gasteiger partial charge in [0.25, 0.3) is 0 Å². The van der Waals surface area contributed by atoms with E-state index >= 15 is 0 Å². The molecule has 4 aliphatic carbocycles. The Morgan fingerprint density at radius 1 is 1.15 bits per heavy atom. The number of carbonyl (C=O) groups is 1. The van der Waals surface area contributed by atoms with Gasteiger partial charge in [0.15, 0.2) is 0 Å². The van der Waals surface area contributed by atoms with Crippen LogP contribution < -0.4 is 0 Å². The van der Waals surface area contributed by atoms with Crippen LogP contribution in [0.2, 0.25) is 0 Å². The SMILES string of the molecule is COC(=O)CCCN(C)CC12CC3CC(CC(C3)C1)C2.